The number of carbonyl (C=O) groups excluding carboxylic acids is 2. The maximum absolute atomic E-state index is 12.4. The fourth-order valence-corrected chi connectivity index (χ4v) is 4.99. The molecule has 0 aromatic heterocycles. The highest BCUT2D eigenvalue weighted by Gasteiger charge is 2.34. The van der Waals surface area contributed by atoms with Crippen LogP contribution in [0.1, 0.15) is 23.7 Å². The van der Waals surface area contributed by atoms with Crippen molar-refractivity contribution in [2.75, 3.05) is 24.7 Å². The van der Waals surface area contributed by atoms with Crippen molar-refractivity contribution in [2.45, 2.75) is 19.4 Å². The summed E-state index contributed by atoms with van der Waals surface area (Å²) in [6.45, 7) is 1.69. The number of nitrogens with zero attached hydrogens (tertiary/aromatic N) is 1. The third-order valence-electron chi connectivity index (χ3n) is 4.69. The Kier molecular flexibility index (Phi) is 6.53. The topological polar surface area (TPSA) is 90.0 Å². The zero-order valence-electron chi connectivity index (χ0n) is 16.1. The molecule has 1 amide bonds. The average molecular weight is 417 g/mol. The van der Waals surface area contributed by atoms with E-state index in [0.717, 1.165) is 0 Å². The predicted octanol–water partition coefficient (Wildman–Crippen LogP) is 2.67. The highest BCUT2D eigenvalue weighted by Crippen LogP contribution is 2.22. The molecule has 1 unspecified atom stereocenters. The van der Waals surface area contributed by atoms with Crippen LogP contribution in [0.4, 0.5) is 0 Å². The van der Waals surface area contributed by atoms with E-state index in [2.05, 4.69) is 0 Å². The van der Waals surface area contributed by atoms with Crippen molar-refractivity contribution in [1.82, 2.24) is 4.90 Å². The minimum atomic E-state index is -3.10. The lowest BCUT2D eigenvalue weighted by Crippen LogP contribution is -2.43. The van der Waals surface area contributed by atoms with Gasteiger partial charge in [-0.3, -0.25) is 4.79 Å². The highest BCUT2D eigenvalue weighted by atomic mass is 32.2. The summed E-state index contributed by atoms with van der Waals surface area (Å²) in [6.07, 6.45) is 0.411. The molecule has 2 aromatic rings. The van der Waals surface area contributed by atoms with Crippen molar-refractivity contribution >= 4 is 21.7 Å². The summed E-state index contributed by atoms with van der Waals surface area (Å²) in [5, 5.41) is 0. The summed E-state index contributed by atoms with van der Waals surface area (Å²) in [5.74, 6) is 0.0997. The van der Waals surface area contributed by atoms with Gasteiger partial charge < -0.3 is 14.4 Å². The van der Waals surface area contributed by atoms with E-state index in [9.17, 15) is 18.0 Å². The van der Waals surface area contributed by atoms with Crippen molar-refractivity contribution in [2.24, 2.45) is 0 Å². The Morgan fingerprint density at radius 2 is 1.79 bits per heavy atom. The Hall–Kier alpha value is -2.87. The van der Waals surface area contributed by atoms with Crippen LogP contribution in [0.2, 0.25) is 0 Å². The Morgan fingerprint density at radius 3 is 2.45 bits per heavy atom. The van der Waals surface area contributed by atoms with Crippen LogP contribution in [0.25, 0.3) is 0 Å². The molecule has 0 saturated carbocycles. The molecule has 0 radical (unpaired) electrons. The van der Waals surface area contributed by atoms with Gasteiger partial charge in [0, 0.05) is 12.6 Å². The maximum atomic E-state index is 12.4. The first-order valence-electron chi connectivity index (χ1n) is 9.38. The molecule has 1 aliphatic heterocycles. The fourth-order valence-electron chi connectivity index (χ4n) is 3.26. The molecule has 154 valence electrons. The number of esters is 1. The molecule has 0 N–H and O–H groups in total. The molecule has 8 heteroatoms. The molecule has 7 nitrogen and oxygen atoms in total. The molecular formula is C21H23NO6S. The lowest BCUT2D eigenvalue weighted by molar-refractivity contribution is -0.136. The van der Waals surface area contributed by atoms with Gasteiger partial charge in [0.05, 0.1) is 17.1 Å². The second kappa shape index (κ2) is 9.09. The molecule has 2 aromatic carbocycles. The number of carbonyl (C=O) groups is 2. The molecule has 1 aliphatic rings. The van der Waals surface area contributed by atoms with Gasteiger partial charge >= 0.3 is 5.97 Å². The van der Waals surface area contributed by atoms with E-state index >= 15 is 0 Å². The number of para-hydroxylation sites is 1. The van der Waals surface area contributed by atoms with E-state index in [4.69, 9.17) is 9.47 Å². The predicted molar refractivity (Wildman–Crippen MR) is 108 cm³/mol. The Bertz CT molecular complexity index is 974. The number of ether oxygens (including phenoxy) is 2. The van der Waals surface area contributed by atoms with Crippen LogP contribution < -0.4 is 4.74 Å². The first-order chi connectivity index (χ1) is 13.9. The van der Waals surface area contributed by atoms with Gasteiger partial charge in [-0.1, -0.05) is 24.3 Å². The van der Waals surface area contributed by atoms with Gasteiger partial charge in [-0.15, -0.1) is 0 Å². The third kappa shape index (κ3) is 5.57. The SMILES string of the molecule is CCN(C(=O)COC(=O)c1cccc(Oc2ccccc2)c1)C1CCS(=O)(=O)C1. The van der Waals surface area contributed by atoms with Crippen LogP contribution in [-0.2, 0) is 19.4 Å². The van der Waals surface area contributed by atoms with Gasteiger partial charge in [-0.2, -0.15) is 0 Å². The van der Waals surface area contributed by atoms with Crippen LogP contribution in [0, 0.1) is 0 Å². The van der Waals surface area contributed by atoms with Crippen molar-refractivity contribution in [3.8, 4) is 11.5 Å². The largest absolute Gasteiger partial charge is 0.457 e. The van der Waals surface area contributed by atoms with E-state index in [-0.39, 0.29) is 23.1 Å². The third-order valence-corrected chi connectivity index (χ3v) is 6.44. The van der Waals surface area contributed by atoms with Crippen LogP contribution in [-0.4, -0.2) is 55.9 Å². The van der Waals surface area contributed by atoms with E-state index in [1.165, 1.54) is 4.90 Å². The van der Waals surface area contributed by atoms with Crippen LogP contribution in [0.15, 0.2) is 54.6 Å². The molecule has 0 bridgehead atoms. The number of rotatable bonds is 7. The summed E-state index contributed by atoms with van der Waals surface area (Å²) in [5.41, 5.74) is 0.262. The molecule has 1 atom stereocenters. The van der Waals surface area contributed by atoms with Gasteiger partial charge in [0.1, 0.15) is 11.5 Å². The number of amides is 1. The minimum absolute atomic E-state index is 0.0423. The van der Waals surface area contributed by atoms with E-state index in [1.807, 2.05) is 18.2 Å². The standard InChI is InChI=1S/C21H23NO6S/c1-2-22(17-11-12-29(25,26)15-17)20(23)14-27-21(24)16-7-6-10-19(13-16)28-18-8-4-3-5-9-18/h3-10,13,17H,2,11-12,14-15H2,1H3. The van der Waals surface area contributed by atoms with Gasteiger partial charge in [0.15, 0.2) is 16.4 Å². The molecule has 1 fully saturated rings. The molecule has 1 heterocycles. The molecule has 0 spiro atoms. The van der Waals surface area contributed by atoms with Crippen LogP contribution in [0.5, 0.6) is 11.5 Å². The highest BCUT2D eigenvalue weighted by molar-refractivity contribution is 7.91. The molecule has 0 aliphatic carbocycles. The lowest BCUT2D eigenvalue weighted by atomic mass is 10.2. The summed E-state index contributed by atoms with van der Waals surface area (Å²) in [7, 11) is -3.10. The fraction of sp³-hybridized carbons (Fsp3) is 0.333. The molecule has 3 rings (SSSR count). The number of hydrogen-bond donors (Lipinski definition) is 0. The van der Waals surface area contributed by atoms with Gasteiger partial charge in [-0.05, 0) is 43.7 Å². The number of hydrogen-bond acceptors (Lipinski definition) is 6. The zero-order chi connectivity index (χ0) is 20.9. The van der Waals surface area contributed by atoms with Gasteiger partial charge in [-0.25, -0.2) is 13.2 Å². The quantitative estimate of drug-likeness (QED) is 0.644. The Labute approximate surface area is 170 Å². The number of benzene rings is 2. The summed E-state index contributed by atoms with van der Waals surface area (Å²) < 4.78 is 34.2. The maximum Gasteiger partial charge on any atom is 0.338 e. The normalized spacial score (nSPS) is 17.5. The molecular weight excluding hydrogens is 394 g/mol. The summed E-state index contributed by atoms with van der Waals surface area (Å²) in [6, 6.07) is 15.3. The first-order valence-corrected chi connectivity index (χ1v) is 11.2. The average Bonchev–Trinajstić information content (AvgIpc) is 3.07. The molecule has 1 saturated heterocycles. The van der Waals surface area contributed by atoms with Crippen LogP contribution >= 0.6 is 0 Å². The summed E-state index contributed by atoms with van der Waals surface area (Å²) >= 11 is 0. The smallest absolute Gasteiger partial charge is 0.338 e. The van der Waals surface area contributed by atoms with Crippen molar-refractivity contribution in [1.29, 1.82) is 0 Å². The Morgan fingerprint density at radius 1 is 1.07 bits per heavy atom. The number of likely N-dealkylation sites (N-methyl/N-ethyl adjacent to an activating group) is 1. The minimum Gasteiger partial charge on any atom is -0.457 e. The van der Waals surface area contributed by atoms with Crippen molar-refractivity contribution in [3.63, 3.8) is 0 Å². The van der Waals surface area contributed by atoms with Gasteiger partial charge in [0.25, 0.3) is 5.91 Å². The lowest BCUT2D eigenvalue weighted by Gasteiger charge is -2.26. The second-order valence-corrected chi connectivity index (χ2v) is 8.98. The van der Waals surface area contributed by atoms with E-state index < -0.39 is 28.3 Å². The summed E-state index contributed by atoms with van der Waals surface area (Å²) in [4.78, 5) is 26.3. The van der Waals surface area contributed by atoms with E-state index in [1.54, 1.807) is 43.3 Å². The second-order valence-electron chi connectivity index (χ2n) is 6.76. The van der Waals surface area contributed by atoms with Crippen LogP contribution in [0.3, 0.4) is 0 Å². The first kappa shape index (κ1) is 20.9. The van der Waals surface area contributed by atoms with Crippen molar-refractivity contribution in [3.05, 3.63) is 60.2 Å². The Balaban J connectivity index is 1.58. The number of sulfone groups is 1. The molecule has 29 heavy (non-hydrogen) atoms. The van der Waals surface area contributed by atoms with Gasteiger partial charge in [0.2, 0.25) is 0 Å². The van der Waals surface area contributed by atoms with Crippen molar-refractivity contribution < 1.29 is 27.5 Å². The monoisotopic (exact) mass is 417 g/mol. The zero-order valence-corrected chi connectivity index (χ0v) is 16.9. The van der Waals surface area contributed by atoms with E-state index in [0.29, 0.717) is 24.5 Å².